The molecule has 0 amide bonds. The van der Waals surface area contributed by atoms with Crippen LogP contribution in [0, 0.1) is 5.41 Å². The first-order valence-electron chi connectivity index (χ1n) is 8.56. The zero-order valence-corrected chi connectivity index (χ0v) is 17.3. The molecule has 9 nitrogen and oxygen atoms in total. The largest absolute Gasteiger partial charge is 0.475 e. The lowest BCUT2D eigenvalue weighted by molar-refractivity contribution is -0.170. The van der Waals surface area contributed by atoms with E-state index >= 15 is 0 Å². The summed E-state index contributed by atoms with van der Waals surface area (Å²) in [5, 5.41) is 0. The molecule has 0 radical (unpaired) electrons. The van der Waals surface area contributed by atoms with Crippen molar-refractivity contribution in [2.45, 2.75) is 39.5 Å². The summed E-state index contributed by atoms with van der Waals surface area (Å²) in [6, 6.07) is 0. The van der Waals surface area contributed by atoms with Crippen molar-refractivity contribution in [3.05, 3.63) is 12.2 Å². The molecule has 10 heteroatoms. The number of carbonyl (C=O) groups is 3. The van der Waals surface area contributed by atoms with Crippen molar-refractivity contribution in [1.29, 1.82) is 0 Å². The van der Waals surface area contributed by atoms with Gasteiger partial charge in [-0.2, -0.15) is 0 Å². The molecule has 0 spiro atoms. The number of esters is 2. The summed E-state index contributed by atoms with van der Waals surface area (Å²) in [6.45, 7) is 7.02. The van der Waals surface area contributed by atoms with E-state index in [0.29, 0.717) is 6.29 Å². The molecule has 0 saturated heterocycles. The normalized spacial score (nSPS) is 11.7. The number of rotatable bonds is 15. The molecular formula is C17H29O9P. The highest BCUT2D eigenvalue weighted by atomic mass is 31.2. The highest BCUT2D eigenvalue weighted by molar-refractivity contribution is 7.48. The van der Waals surface area contributed by atoms with Crippen LogP contribution < -0.4 is 0 Å². The molecular weight excluding hydrogens is 379 g/mol. The summed E-state index contributed by atoms with van der Waals surface area (Å²) in [4.78, 5) is 35.3. The topological polar surface area (TPSA) is 114 Å². The maximum Gasteiger partial charge on any atom is 0.475 e. The first-order valence-corrected chi connectivity index (χ1v) is 10.0. The van der Waals surface area contributed by atoms with E-state index in [0.717, 1.165) is 14.2 Å². The van der Waals surface area contributed by atoms with Crippen LogP contribution in [0.4, 0.5) is 0 Å². The van der Waals surface area contributed by atoms with Gasteiger partial charge in [0.1, 0.15) is 6.29 Å². The summed E-state index contributed by atoms with van der Waals surface area (Å²) < 4.78 is 37.2. The number of phosphoric ester groups is 1. The van der Waals surface area contributed by atoms with E-state index in [2.05, 4.69) is 6.58 Å². The SMILES string of the molecule is C=C(COP(=O)(OCC)OCC)CC(CCCC=O)(C(=O)OC)C(=O)OC. The van der Waals surface area contributed by atoms with E-state index in [1.807, 2.05) is 0 Å². The fourth-order valence-corrected chi connectivity index (χ4v) is 3.67. The molecule has 0 aliphatic heterocycles. The van der Waals surface area contributed by atoms with Gasteiger partial charge in [-0.1, -0.05) is 6.58 Å². The number of hydrogen-bond acceptors (Lipinski definition) is 9. The van der Waals surface area contributed by atoms with Crippen LogP contribution in [0.15, 0.2) is 12.2 Å². The van der Waals surface area contributed by atoms with Gasteiger partial charge in [-0.05, 0) is 38.7 Å². The Hall–Kier alpha value is -1.54. The van der Waals surface area contributed by atoms with Gasteiger partial charge in [0, 0.05) is 6.42 Å². The molecule has 0 aliphatic rings. The Morgan fingerprint density at radius 1 is 1.04 bits per heavy atom. The quantitative estimate of drug-likeness (QED) is 0.101. The monoisotopic (exact) mass is 408 g/mol. The average molecular weight is 408 g/mol. The maximum absolute atomic E-state index is 12.4. The van der Waals surface area contributed by atoms with E-state index in [1.165, 1.54) is 0 Å². The molecule has 0 unspecified atom stereocenters. The highest BCUT2D eigenvalue weighted by Gasteiger charge is 2.48. The summed E-state index contributed by atoms with van der Waals surface area (Å²) in [5.41, 5.74) is -1.38. The smallest absolute Gasteiger partial charge is 0.468 e. The fraction of sp³-hybridized carbons (Fsp3) is 0.706. The molecule has 0 rings (SSSR count). The van der Waals surface area contributed by atoms with Crippen molar-refractivity contribution >= 4 is 26.0 Å². The predicted octanol–water partition coefficient (Wildman–Crippen LogP) is 2.83. The maximum atomic E-state index is 12.4. The minimum atomic E-state index is -3.77. The van der Waals surface area contributed by atoms with Gasteiger partial charge in [-0.25, -0.2) is 4.57 Å². The van der Waals surface area contributed by atoms with Crippen LogP contribution in [0.3, 0.4) is 0 Å². The van der Waals surface area contributed by atoms with Crippen LogP contribution in [-0.4, -0.2) is 52.3 Å². The third kappa shape index (κ3) is 7.92. The van der Waals surface area contributed by atoms with Crippen LogP contribution in [0.25, 0.3) is 0 Å². The second kappa shape index (κ2) is 12.8. The molecule has 0 aromatic heterocycles. The number of methoxy groups -OCH3 is 2. The van der Waals surface area contributed by atoms with Crippen molar-refractivity contribution in [1.82, 2.24) is 0 Å². The van der Waals surface area contributed by atoms with Crippen LogP contribution in [-0.2, 0) is 42.0 Å². The van der Waals surface area contributed by atoms with Gasteiger partial charge >= 0.3 is 19.8 Å². The molecule has 156 valence electrons. The lowest BCUT2D eigenvalue weighted by Crippen LogP contribution is -2.42. The van der Waals surface area contributed by atoms with Gasteiger partial charge in [0.15, 0.2) is 5.41 Å². The highest BCUT2D eigenvalue weighted by Crippen LogP contribution is 2.49. The van der Waals surface area contributed by atoms with Gasteiger partial charge in [0.05, 0.1) is 34.0 Å². The van der Waals surface area contributed by atoms with Gasteiger partial charge in [-0.3, -0.25) is 23.2 Å². The van der Waals surface area contributed by atoms with Crippen molar-refractivity contribution in [2.75, 3.05) is 34.0 Å². The van der Waals surface area contributed by atoms with Crippen LogP contribution in [0.5, 0.6) is 0 Å². The summed E-state index contributed by atoms with van der Waals surface area (Å²) in [5.74, 6) is -1.61. The van der Waals surface area contributed by atoms with Gasteiger partial charge in [0.2, 0.25) is 0 Å². The van der Waals surface area contributed by atoms with Gasteiger partial charge in [-0.15, -0.1) is 0 Å². The van der Waals surface area contributed by atoms with Crippen molar-refractivity contribution in [3.63, 3.8) is 0 Å². The van der Waals surface area contributed by atoms with Crippen molar-refractivity contribution in [2.24, 2.45) is 5.41 Å². The van der Waals surface area contributed by atoms with Crippen LogP contribution in [0.2, 0.25) is 0 Å². The Balaban J connectivity index is 5.36. The molecule has 27 heavy (non-hydrogen) atoms. The molecule has 0 saturated carbocycles. The van der Waals surface area contributed by atoms with E-state index in [-0.39, 0.29) is 51.1 Å². The molecule has 0 aromatic carbocycles. The van der Waals surface area contributed by atoms with Crippen molar-refractivity contribution < 1.29 is 42.0 Å². The number of unbranched alkanes of at least 4 members (excludes halogenated alkanes) is 1. The predicted molar refractivity (Wildman–Crippen MR) is 96.9 cm³/mol. The van der Waals surface area contributed by atoms with Gasteiger partial charge < -0.3 is 14.3 Å². The molecule has 0 bridgehead atoms. The number of hydrogen-bond donors (Lipinski definition) is 0. The first-order chi connectivity index (χ1) is 12.7. The third-order valence-electron chi connectivity index (χ3n) is 3.63. The van der Waals surface area contributed by atoms with E-state index in [1.54, 1.807) is 13.8 Å². The lowest BCUT2D eigenvalue weighted by Gasteiger charge is -2.29. The van der Waals surface area contributed by atoms with Crippen molar-refractivity contribution in [3.8, 4) is 0 Å². The molecule has 0 fully saturated rings. The fourth-order valence-electron chi connectivity index (χ4n) is 2.47. The Labute approximate surface area is 159 Å². The Morgan fingerprint density at radius 2 is 1.56 bits per heavy atom. The summed E-state index contributed by atoms with van der Waals surface area (Å²) in [6.07, 6.45) is 1.00. The summed E-state index contributed by atoms with van der Waals surface area (Å²) in [7, 11) is -1.47. The van der Waals surface area contributed by atoms with Crippen LogP contribution >= 0.6 is 7.82 Å². The second-order valence-corrected chi connectivity index (χ2v) is 7.28. The zero-order valence-electron chi connectivity index (χ0n) is 16.4. The minimum Gasteiger partial charge on any atom is -0.468 e. The minimum absolute atomic E-state index is 0.0265. The standard InChI is InChI=1S/C17H29O9P/c1-6-24-27(21,25-7-2)26-13-14(3)12-17(15(19)22-4,16(20)23-5)10-8-9-11-18/h11H,3,6-10,12-13H2,1-2,4-5H3. The molecule has 0 aromatic rings. The molecule has 0 atom stereocenters. The molecule has 0 heterocycles. The number of aldehydes is 1. The number of carbonyl (C=O) groups excluding carboxylic acids is 3. The molecule has 0 N–H and O–H groups in total. The third-order valence-corrected chi connectivity index (χ3v) is 5.22. The second-order valence-electron chi connectivity index (χ2n) is 5.61. The van der Waals surface area contributed by atoms with Gasteiger partial charge in [0.25, 0.3) is 0 Å². The van der Waals surface area contributed by atoms with E-state index in [4.69, 9.17) is 23.0 Å². The number of phosphoric acid groups is 1. The first kappa shape index (κ1) is 25.5. The Bertz CT molecular complexity index is 533. The Kier molecular flexibility index (Phi) is 12.0. The molecule has 0 aliphatic carbocycles. The lowest BCUT2D eigenvalue weighted by atomic mass is 9.77. The summed E-state index contributed by atoms with van der Waals surface area (Å²) >= 11 is 0. The Morgan fingerprint density at radius 3 is 1.96 bits per heavy atom. The van der Waals surface area contributed by atoms with Crippen LogP contribution in [0.1, 0.15) is 39.5 Å². The van der Waals surface area contributed by atoms with E-state index < -0.39 is 25.2 Å². The average Bonchev–Trinajstić information content (AvgIpc) is 2.64. The van der Waals surface area contributed by atoms with E-state index in [9.17, 15) is 18.9 Å². The zero-order chi connectivity index (χ0) is 20.9. The number of ether oxygens (including phenoxy) is 2.